The van der Waals surface area contributed by atoms with Gasteiger partial charge in [0.25, 0.3) is 0 Å². The molecular weight excluding hydrogens is 254 g/mol. The molecule has 98 valence electrons. The quantitative estimate of drug-likeness (QED) is 0.656. The van der Waals surface area contributed by atoms with Gasteiger partial charge in [-0.2, -0.15) is 0 Å². The third-order valence-electron chi connectivity index (χ3n) is 2.41. The molecule has 0 fully saturated rings. The van der Waals surface area contributed by atoms with E-state index in [0.717, 1.165) is 10.6 Å². The van der Waals surface area contributed by atoms with Crippen molar-refractivity contribution in [2.24, 2.45) is 5.92 Å². The summed E-state index contributed by atoms with van der Waals surface area (Å²) in [5.74, 6) is -3.14. The second kappa shape index (κ2) is 6.90. The van der Waals surface area contributed by atoms with E-state index in [1.165, 1.54) is 0 Å². The molecule has 0 amide bonds. The van der Waals surface area contributed by atoms with Gasteiger partial charge < -0.3 is 15.5 Å². The molecule has 18 heavy (non-hydrogen) atoms. The van der Waals surface area contributed by atoms with Crippen LogP contribution in [-0.4, -0.2) is 35.0 Å². The first-order chi connectivity index (χ1) is 8.52. The first-order valence-electron chi connectivity index (χ1n) is 5.35. The van der Waals surface area contributed by atoms with Gasteiger partial charge in [-0.15, -0.1) is 11.8 Å². The zero-order valence-electron chi connectivity index (χ0n) is 9.92. The molecule has 1 aromatic carbocycles. The maximum absolute atomic E-state index is 10.8. The second-order valence-corrected chi connectivity index (χ2v) is 4.62. The number of carboxylic acid groups (broad SMARTS) is 2. The fourth-order valence-corrected chi connectivity index (χ4v) is 1.82. The minimum absolute atomic E-state index is 0.0975. The molecule has 6 heteroatoms. The minimum atomic E-state index is -1.11. The predicted octanol–water partition coefficient (Wildman–Crippen LogP) is 2.00. The van der Waals surface area contributed by atoms with E-state index in [9.17, 15) is 9.59 Å². The summed E-state index contributed by atoms with van der Waals surface area (Å²) in [7, 11) is 0. The van der Waals surface area contributed by atoms with Gasteiger partial charge in [-0.05, 0) is 30.5 Å². The smallest absolute Gasteiger partial charge is 0.308 e. The van der Waals surface area contributed by atoms with Crippen LogP contribution in [0.3, 0.4) is 0 Å². The zero-order valence-corrected chi connectivity index (χ0v) is 10.7. The lowest BCUT2D eigenvalue weighted by molar-refractivity contribution is -0.147. The topological polar surface area (TPSA) is 86.6 Å². The van der Waals surface area contributed by atoms with Crippen LogP contribution in [0.1, 0.15) is 6.42 Å². The summed E-state index contributed by atoms with van der Waals surface area (Å²) in [5.41, 5.74) is 0.782. The van der Waals surface area contributed by atoms with Crippen LogP contribution in [0.4, 0.5) is 5.69 Å². The maximum Gasteiger partial charge on any atom is 0.308 e. The van der Waals surface area contributed by atoms with Crippen molar-refractivity contribution in [3.05, 3.63) is 24.3 Å². The van der Waals surface area contributed by atoms with E-state index in [-0.39, 0.29) is 13.0 Å². The molecule has 0 saturated carbocycles. The highest BCUT2D eigenvalue weighted by Crippen LogP contribution is 2.18. The molecule has 1 unspecified atom stereocenters. The summed E-state index contributed by atoms with van der Waals surface area (Å²) >= 11 is 1.62. The lowest BCUT2D eigenvalue weighted by Crippen LogP contribution is -2.25. The van der Waals surface area contributed by atoms with Gasteiger partial charge in [0.15, 0.2) is 0 Å². The maximum atomic E-state index is 10.8. The number of hydrogen-bond acceptors (Lipinski definition) is 4. The van der Waals surface area contributed by atoms with E-state index in [1.54, 1.807) is 11.8 Å². The molecule has 3 N–H and O–H groups in total. The van der Waals surface area contributed by atoms with Gasteiger partial charge in [-0.3, -0.25) is 9.59 Å². The molecule has 0 aromatic heterocycles. The largest absolute Gasteiger partial charge is 0.481 e. The van der Waals surface area contributed by atoms with Gasteiger partial charge >= 0.3 is 11.9 Å². The van der Waals surface area contributed by atoms with Crippen LogP contribution in [0.15, 0.2) is 29.2 Å². The number of hydrogen-bond donors (Lipinski definition) is 3. The molecular formula is C12H15NO4S. The molecule has 0 spiro atoms. The Labute approximate surface area is 109 Å². The number of thioether (sulfide) groups is 1. The van der Waals surface area contributed by atoms with E-state index in [2.05, 4.69) is 5.32 Å². The van der Waals surface area contributed by atoms with E-state index in [0.29, 0.717) is 0 Å². The summed E-state index contributed by atoms with van der Waals surface area (Å²) in [4.78, 5) is 22.5. The standard InChI is InChI=1S/C12H15NO4S/c1-18-10-4-2-9(3-5-10)13-7-8(12(16)17)6-11(14)15/h2-5,8,13H,6-7H2,1H3,(H,14,15)(H,16,17). The Morgan fingerprint density at radius 2 is 1.89 bits per heavy atom. The number of nitrogens with one attached hydrogen (secondary N) is 1. The Morgan fingerprint density at radius 3 is 2.33 bits per heavy atom. The van der Waals surface area contributed by atoms with Crippen molar-refractivity contribution < 1.29 is 19.8 Å². The summed E-state index contributed by atoms with van der Waals surface area (Å²) in [6, 6.07) is 7.51. The molecule has 0 aliphatic carbocycles. The van der Waals surface area contributed by atoms with Crippen molar-refractivity contribution in [3.8, 4) is 0 Å². The fourth-order valence-electron chi connectivity index (χ4n) is 1.41. The van der Waals surface area contributed by atoms with Crippen LogP contribution in [0, 0.1) is 5.92 Å². The van der Waals surface area contributed by atoms with Crippen LogP contribution >= 0.6 is 11.8 Å². The monoisotopic (exact) mass is 269 g/mol. The second-order valence-electron chi connectivity index (χ2n) is 3.74. The molecule has 0 aliphatic heterocycles. The van der Waals surface area contributed by atoms with Gasteiger partial charge in [0.05, 0.1) is 12.3 Å². The van der Waals surface area contributed by atoms with Crippen molar-refractivity contribution in [3.63, 3.8) is 0 Å². The number of anilines is 1. The van der Waals surface area contributed by atoms with Crippen molar-refractivity contribution in [1.82, 2.24) is 0 Å². The zero-order chi connectivity index (χ0) is 13.5. The van der Waals surface area contributed by atoms with E-state index in [4.69, 9.17) is 10.2 Å². The van der Waals surface area contributed by atoms with Crippen LogP contribution in [0.25, 0.3) is 0 Å². The van der Waals surface area contributed by atoms with Gasteiger partial charge in [-0.1, -0.05) is 0 Å². The SMILES string of the molecule is CSc1ccc(NCC(CC(=O)O)C(=O)O)cc1. The van der Waals surface area contributed by atoms with Crippen molar-refractivity contribution in [2.75, 3.05) is 18.1 Å². The van der Waals surface area contributed by atoms with Crippen molar-refractivity contribution >= 4 is 29.4 Å². The molecule has 0 saturated heterocycles. The average molecular weight is 269 g/mol. The normalized spacial score (nSPS) is 11.8. The van der Waals surface area contributed by atoms with Gasteiger partial charge in [0.2, 0.25) is 0 Å². The summed E-state index contributed by atoms with van der Waals surface area (Å²) in [6.07, 6.45) is 1.58. The van der Waals surface area contributed by atoms with Crippen LogP contribution in [0.2, 0.25) is 0 Å². The molecule has 0 radical (unpaired) electrons. The Bertz CT molecular complexity index is 419. The Morgan fingerprint density at radius 1 is 1.28 bits per heavy atom. The average Bonchev–Trinajstić information content (AvgIpc) is 2.34. The number of carbonyl (C=O) groups is 2. The summed E-state index contributed by atoms with van der Waals surface area (Å²) in [5, 5.41) is 20.4. The third-order valence-corrected chi connectivity index (χ3v) is 3.16. The van der Waals surface area contributed by atoms with E-state index < -0.39 is 17.9 Å². The van der Waals surface area contributed by atoms with Crippen molar-refractivity contribution in [2.45, 2.75) is 11.3 Å². The van der Waals surface area contributed by atoms with Gasteiger partial charge in [0, 0.05) is 17.1 Å². The third kappa shape index (κ3) is 4.67. The van der Waals surface area contributed by atoms with Crippen molar-refractivity contribution in [1.29, 1.82) is 0 Å². The summed E-state index contributed by atoms with van der Waals surface area (Å²) < 4.78 is 0. The number of rotatable bonds is 7. The number of benzene rings is 1. The van der Waals surface area contributed by atoms with Crippen LogP contribution < -0.4 is 5.32 Å². The van der Waals surface area contributed by atoms with Crippen LogP contribution in [0.5, 0.6) is 0 Å². The minimum Gasteiger partial charge on any atom is -0.481 e. The highest BCUT2D eigenvalue weighted by Gasteiger charge is 2.20. The molecule has 0 heterocycles. The van der Waals surface area contributed by atoms with Gasteiger partial charge in [0.1, 0.15) is 0 Å². The van der Waals surface area contributed by atoms with Gasteiger partial charge in [-0.25, -0.2) is 0 Å². The van der Waals surface area contributed by atoms with Crippen LogP contribution in [-0.2, 0) is 9.59 Å². The molecule has 1 atom stereocenters. The molecule has 5 nitrogen and oxygen atoms in total. The lowest BCUT2D eigenvalue weighted by Gasteiger charge is -2.12. The van der Waals surface area contributed by atoms with E-state index >= 15 is 0 Å². The molecule has 1 aromatic rings. The molecule has 0 aliphatic rings. The first-order valence-corrected chi connectivity index (χ1v) is 6.58. The first kappa shape index (κ1) is 14.4. The highest BCUT2D eigenvalue weighted by molar-refractivity contribution is 7.98. The Hall–Kier alpha value is -1.69. The molecule has 1 rings (SSSR count). The predicted molar refractivity (Wildman–Crippen MR) is 70.1 cm³/mol. The lowest BCUT2D eigenvalue weighted by atomic mass is 10.1. The fraction of sp³-hybridized carbons (Fsp3) is 0.333. The Kier molecular flexibility index (Phi) is 5.51. The molecule has 0 bridgehead atoms. The number of carboxylic acids is 2. The Balaban J connectivity index is 2.55. The number of aliphatic carboxylic acids is 2. The summed E-state index contributed by atoms with van der Waals surface area (Å²) in [6.45, 7) is 0.0975. The highest BCUT2D eigenvalue weighted by atomic mass is 32.2. The van der Waals surface area contributed by atoms with E-state index in [1.807, 2.05) is 30.5 Å².